The fourth-order valence-corrected chi connectivity index (χ4v) is 4.53. The lowest BCUT2D eigenvalue weighted by atomic mass is 9.90. The molecule has 25 heavy (non-hydrogen) atoms. The minimum atomic E-state index is 0. The molecular weight excluding hydrogens is 342 g/mol. The van der Waals surface area contributed by atoms with E-state index in [0.717, 1.165) is 64.1 Å². The lowest BCUT2D eigenvalue weighted by Crippen LogP contribution is -2.53. The van der Waals surface area contributed by atoms with Gasteiger partial charge in [-0.1, -0.05) is 18.0 Å². The van der Waals surface area contributed by atoms with Gasteiger partial charge >= 0.3 is 0 Å². The molecule has 0 spiro atoms. The van der Waals surface area contributed by atoms with Crippen molar-refractivity contribution in [3.05, 3.63) is 11.7 Å². The molecule has 4 rings (SSSR count). The van der Waals surface area contributed by atoms with E-state index in [1.807, 2.05) is 0 Å². The number of hydrogen-bond acceptors (Lipinski definition) is 7. The highest BCUT2D eigenvalue weighted by molar-refractivity contribution is 5.85. The molecule has 7 nitrogen and oxygen atoms in total. The third kappa shape index (κ3) is 4.01. The Labute approximate surface area is 155 Å². The van der Waals surface area contributed by atoms with Gasteiger partial charge in [-0.05, 0) is 19.9 Å². The normalized spacial score (nSPS) is 28.0. The Balaban J connectivity index is 0.00000182. The van der Waals surface area contributed by atoms with Crippen molar-refractivity contribution >= 4 is 12.4 Å². The molecule has 0 aromatic carbocycles. The molecule has 1 N–H and O–H groups in total. The SMILES string of the molecule is CN1CCNCC1c1noc(CC2(N3CCOCC3)CCCC2)n1.Cl. The molecule has 1 aromatic heterocycles. The van der Waals surface area contributed by atoms with Crippen LogP contribution in [0.3, 0.4) is 0 Å². The molecule has 3 fully saturated rings. The Morgan fingerprint density at radius 3 is 2.68 bits per heavy atom. The minimum Gasteiger partial charge on any atom is -0.379 e. The van der Waals surface area contributed by atoms with Crippen LogP contribution in [0.25, 0.3) is 0 Å². The van der Waals surface area contributed by atoms with E-state index in [1.54, 1.807) is 0 Å². The van der Waals surface area contributed by atoms with E-state index < -0.39 is 0 Å². The van der Waals surface area contributed by atoms with Crippen LogP contribution >= 0.6 is 12.4 Å². The minimum absolute atomic E-state index is 0. The molecule has 2 aliphatic heterocycles. The third-order valence-corrected chi connectivity index (χ3v) is 5.99. The highest BCUT2D eigenvalue weighted by Gasteiger charge is 2.41. The predicted molar refractivity (Wildman–Crippen MR) is 97.1 cm³/mol. The highest BCUT2D eigenvalue weighted by Crippen LogP contribution is 2.38. The van der Waals surface area contributed by atoms with Crippen molar-refractivity contribution in [1.29, 1.82) is 0 Å². The first-order chi connectivity index (χ1) is 11.8. The number of nitrogens with one attached hydrogen (secondary N) is 1. The molecule has 1 saturated carbocycles. The first kappa shape index (κ1) is 19.0. The van der Waals surface area contributed by atoms with Crippen LogP contribution in [0.5, 0.6) is 0 Å². The van der Waals surface area contributed by atoms with Gasteiger partial charge in [0.25, 0.3) is 0 Å². The number of ether oxygens (including phenoxy) is 1. The van der Waals surface area contributed by atoms with E-state index in [-0.39, 0.29) is 24.0 Å². The average Bonchev–Trinajstić information content (AvgIpc) is 3.27. The summed E-state index contributed by atoms with van der Waals surface area (Å²) in [7, 11) is 2.13. The van der Waals surface area contributed by atoms with Gasteiger partial charge < -0.3 is 14.6 Å². The fourth-order valence-electron chi connectivity index (χ4n) is 4.53. The van der Waals surface area contributed by atoms with E-state index in [1.165, 1.54) is 25.7 Å². The summed E-state index contributed by atoms with van der Waals surface area (Å²) in [4.78, 5) is 9.69. The highest BCUT2D eigenvalue weighted by atomic mass is 35.5. The maximum Gasteiger partial charge on any atom is 0.228 e. The molecule has 2 saturated heterocycles. The van der Waals surface area contributed by atoms with Gasteiger partial charge in [0.15, 0.2) is 5.82 Å². The molecule has 3 aliphatic rings. The summed E-state index contributed by atoms with van der Waals surface area (Å²) >= 11 is 0. The molecule has 1 unspecified atom stereocenters. The van der Waals surface area contributed by atoms with E-state index >= 15 is 0 Å². The van der Waals surface area contributed by atoms with Gasteiger partial charge in [-0.3, -0.25) is 9.80 Å². The molecule has 8 heteroatoms. The number of piperazine rings is 1. The Kier molecular flexibility index (Phi) is 6.33. The van der Waals surface area contributed by atoms with Crippen molar-refractivity contribution in [2.45, 2.75) is 43.7 Å². The lowest BCUT2D eigenvalue weighted by molar-refractivity contribution is -0.0232. The third-order valence-electron chi connectivity index (χ3n) is 5.99. The maximum absolute atomic E-state index is 5.67. The van der Waals surface area contributed by atoms with Gasteiger partial charge in [0.2, 0.25) is 5.89 Å². The topological polar surface area (TPSA) is 66.7 Å². The van der Waals surface area contributed by atoms with Gasteiger partial charge in [-0.25, -0.2) is 0 Å². The van der Waals surface area contributed by atoms with Gasteiger partial charge in [0, 0.05) is 44.7 Å². The number of aromatic nitrogens is 2. The van der Waals surface area contributed by atoms with Crippen LogP contribution in [0.15, 0.2) is 4.52 Å². The summed E-state index contributed by atoms with van der Waals surface area (Å²) in [6.45, 7) is 6.67. The standard InChI is InChI=1S/C17H29N5O2.ClH/c1-21-7-6-18-13-14(21)16-19-15(24-20-16)12-17(4-2-3-5-17)22-8-10-23-11-9-22;/h14,18H,2-13H2,1H3;1H. The quantitative estimate of drug-likeness (QED) is 0.854. The van der Waals surface area contributed by atoms with Crippen LogP contribution in [-0.4, -0.2) is 78.5 Å². The number of morpholine rings is 1. The second-order valence-electron chi connectivity index (χ2n) is 7.45. The second kappa shape index (κ2) is 8.31. The largest absolute Gasteiger partial charge is 0.379 e. The molecule has 142 valence electrons. The van der Waals surface area contributed by atoms with Gasteiger partial charge in [0.05, 0.1) is 19.3 Å². The zero-order valence-corrected chi connectivity index (χ0v) is 15.9. The summed E-state index contributed by atoms with van der Waals surface area (Å²) in [6.07, 6.45) is 5.94. The molecule has 0 bridgehead atoms. The van der Waals surface area contributed by atoms with Crippen LogP contribution < -0.4 is 5.32 Å². The van der Waals surface area contributed by atoms with Crippen LogP contribution in [-0.2, 0) is 11.2 Å². The molecule has 1 aromatic rings. The lowest BCUT2D eigenvalue weighted by Gasteiger charge is -2.42. The number of likely N-dealkylation sites (N-methyl/N-ethyl adjacent to an activating group) is 1. The van der Waals surface area contributed by atoms with Crippen molar-refractivity contribution in [1.82, 2.24) is 25.3 Å². The van der Waals surface area contributed by atoms with E-state index in [0.29, 0.717) is 0 Å². The molecule has 0 radical (unpaired) electrons. The van der Waals surface area contributed by atoms with E-state index in [4.69, 9.17) is 14.2 Å². The average molecular weight is 372 g/mol. The second-order valence-corrected chi connectivity index (χ2v) is 7.45. The van der Waals surface area contributed by atoms with Crippen molar-refractivity contribution < 1.29 is 9.26 Å². The Hall–Kier alpha value is -0.730. The Bertz CT molecular complexity index is 543. The summed E-state index contributed by atoms with van der Waals surface area (Å²) in [5.41, 5.74) is 0.199. The number of halogens is 1. The molecule has 1 atom stereocenters. The Morgan fingerprint density at radius 1 is 1.20 bits per heavy atom. The van der Waals surface area contributed by atoms with Crippen LogP contribution in [0.4, 0.5) is 0 Å². The Morgan fingerprint density at radius 2 is 1.96 bits per heavy atom. The fraction of sp³-hybridized carbons (Fsp3) is 0.882. The maximum atomic E-state index is 5.67. The summed E-state index contributed by atoms with van der Waals surface area (Å²) in [6, 6.07) is 0.221. The monoisotopic (exact) mass is 371 g/mol. The number of nitrogens with zero attached hydrogens (tertiary/aromatic N) is 4. The van der Waals surface area contributed by atoms with Crippen molar-refractivity contribution in [3.8, 4) is 0 Å². The summed E-state index contributed by atoms with van der Waals surface area (Å²) < 4.78 is 11.2. The van der Waals surface area contributed by atoms with Crippen LogP contribution in [0.2, 0.25) is 0 Å². The molecule has 3 heterocycles. The number of hydrogen-bond donors (Lipinski definition) is 1. The van der Waals surface area contributed by atoms with Crippen LogP contribution in [0, 0.1) is 0 Å². The number of rotatable bonds is 4. The first-order valence-corrected chi connectivity index (χ1v) is 9.33. The van der Waals surface area contributed by atoms with Crippen molar-refractivity contribution in [2.24, 2.45) is 0 Å². The van der Waals surface area contributed by atoms with Gasteiger partial charge in [-0.15, -0.1) is 12.4 Å². The zero-order valence-electron chi connectivity index (χ0n) is 15.1. The van der Waals surface area contributed by atoms with Crippen molar-refractivity contribution in [2.75, 3.05) is 53.0 Å². The van der Waals surface area contributed by atoms with E-state index in [9.17, 15) is 0 Å². The zero-order chi connectivity index (χ0) is 16.4. The predicted octanol–water partition coefficient (Wildman–Crippen LogP) is 1.25. The van der Waals surface area contributed by atoms with E-state index in [2.05, 4.69) is 27.3 Å². The summed E-state index contributed by atoms with van der Waals surface area (Å²) in [5.74, 6) is 1.63. The smallest absolute Gasteiger partial charge is 0.228 e. The summed E-state index contributed by atoms with van der Waals surface area (Å²) in [5, 5.41) is 7.72. The first-order valence-electron chi connectivity index (χ1n) is 9.33. The molecule has 1 aliphatic carbocycles. The van der Waals surface area contributed by atoms with Gasteiger partial charge in [-0.2, -0.15) is 4.98 Å². The van der Waals surface area contributed by atoms with Gasteiger partial charge in [0.1, 0.15) is 0 Å². The van der Waals surface area contributed by atoms with Crippen LogP contribution in [0.1, 0.15) is 43.4 Å². The molecular formula is C17H30ClN5O2. The van der Waals surface area contributed by atoms with Crippen molar-refractivity contribution in [3.63, 3.8) is 0 Å². The molecule has 0 amide bonds.